The fraction of sp³-hybridized carbons (Fsp3) is 0.294. The first kappa shape index (κ1) is 17.9. The van der Waals surface area contributed by atoms with E-state index in [0.717, 1.165) is 22.6 Å². The number of carbonyl (C=O) groups is 1. The normalized spacial score (nSPS) is 14.7. The molecule has 0 saturated heterocycles. The van der Waals surface area contributed by atoms with Gasteiger partial charge >= 0.3 is 0 Å². The highest BCUT2D eigenvalue weighted by atomic mass is 32.2. The number of pyridine rings is 1. The van der Waals surface area contributed by atoms with Gasteiger partial charge in [-0.1, -0.05) is 6.07 Å². The summed E-state index contributed by atoms with van der Waals surface area (Å²) in [6, 6.07) is 8.51. The Morgan fingerprint density at radius 1 is 1.36 bits per heavy atom. The van der Waals surface area contributed by atoms with Crippen molar-refractivity contribution >= 4 is 33.4 Å². The molecule has 0 bridgehead atoms. The number of sulfonamides is 1. The van der Waals surface area contributed by atoms with Gasteiger partial charge in [-0.3, -0.25) is 9.78 Å². The van der Waals surface area contributed by atoms with Crippen molar-refractivity contribution in [3.05, 3.63) is 48.3 Å². The highest BCUT2D eigenvalue weighted by molar-refractivity contribution is 7.99. The van der Waals surface area contributed by atoms with Crippen molar-refractivity contribution in [1.29, 1.82) is 0 Å². The zero-order valence-corrected chi connectivity index (χ0v) is 15.4. The molecule has 1 aliphatic heterocycles. The van der Waals surface area contributed by atoms with Crippen LogP contribution in [-0.2, 0) is 21.4 Å². The predicted molar refractivity (Wildman–Crippen MR) is 98.1 cm³/mol. The Kier molecular flexibility index (Phi) is 5.41. The highest BCUT2D eigenvalue weighted by Gasteiger charge is 2.22. The van der Waals surface area contributed by atoms with Crippen LogP contribution in [0.5, 0.6) is 0 Å². The van der Waals surface area contributed by atoms with Crippen LogP contribution in [-0.4, -0.2) is 31.6 Å². The summed E-state index contributed by atoms with van der Waals surface area (Å²) in [5.74, 6) is 0.823. The largest absolute Gasteiger partial charge is 0.311 e. The molecule has 2 heterocycles. The fourth-order valence-corrected chi connectivity index (χ4v) is 4.63. The van der Waals surface area contributed by atoms with Crippen LogP contribution in [0.4, 0.5) is 5.69 Å². The average molecular weight is 377 g/mol. The van der Waals surface area contributed by atoms with Crippen LogP contribution in [0.25, 0.3) is 0 Å². The molecule has 25 heavy (non-hydrogen) atoms. The van der Waals surface area contributed by atoms with E-state index in [1.54, 1.807) is 59.4 Å². The molecule has 0 saturated carbocycles. The van der Waals surface area contributed by atoms with Gasteiger partial charge in [0.1, 0.15) is 0 Å². The molecule has 0 aliphatic carbocycles. The zero-order chi connectivity index (χ0) is 17.9. The van der Waals surface area contributed by atoms with Crippen LogP contribution in [0.3, 0.4) is 0 Å². The van der Waals surface area contributed by atoms with Gasteiger partial charge in [-0.05, 0) is 42.0 Å². The molecule has 1 aliphatic rings. The number of amides is 1. The second-order valence-electron chi connectivity index (χ2n) is 5.69. The summed E-state index contributed by atoms with van der Waals surface area (Å²) >= 11 is 1.64. The van der Waals surface area contributed by atoms with Gasteiger partial charge in [0.25, 0.3) is 0 Å². The smallest absolute Gasteiger partial charge is 0.240 e. The first-order chi connectivity index (χ1) is 12.0. The third-order valence-electron chi connectivity index (χ3n) is 3.88. The van der Waals surface area contributed by atoms with Crippen molar-refractivity contribution in [3.8, 4) is 0 Å². The van der Waals surface area contributed by atoms with Gasteiger partial charge in [0.05, 0.1) is 10.6 Å². The molecule has 0 atom stereocenters. The Hall–Kier alpha value is -1.90. The van der Waals surface area contributed by atoms with Crippen molar-refractivity contribution in [1.82, 2.24) is 9.71 Å². The maximum Gasteiger partial charge on any atom is 0.240 e. The Morgan fingerprint density at radius 2 is 2.20 bits per heavy atom. The Morgan fingerprint density at radius 3 is 2.92 bits per heavy atom. The van der Waals surface area contributed by atoms with Crippen molar-refractivity contribution in [2.24, 2.45) is 0 Å². The number of nitrogens with one attached hydrogen (secondary N) is 1. The number of thioether (sulfide) groups is 1. The summed E-state index contributed by atoms with van der Waals surface area (Å²) in [6.45, 7) is 2.27. The molecular weight excluding hydrogens is 358 g/mol. The number of anilines is 1. The van der Waals surface area contributed by atoms with Crippen LogP contribution < -0.4 is 9.62 Å². The van der Waals surface area contributed by atoms with Crippen molar-refractivity contribution in [2.75, 3.05) is 17.2 Å². The first-order valence-corrected chi connectivity index (χ1v) is 10.4. The maximum absolute atomic E-state index is 12.6. The number of aromatic nitrogens is 1. The third kappa shape index (κ3) is 4.20. The van der Waals surface area contributed by atoms with Gasteiger partial charge < -0.3 is 4.90 Å². The lowest BCUT2D eigenvalue weighted by molar-refractivity contribution is -0.116. The fourth-order valence-electron chi connectivity index (χ4n) is 2.61. The van der Waals surface area contributed by atoms with Gasteiger partial charge in [0.15, 0.2) is 0 Å². The van der Waals surface area contributed by atoms with Crippen LogP contribution >= 0.6 is 11.8 Å². The molecule has 6 nitrogen and oxygen atoms in total. The number of rotatable bonds is 4. The van der Waals surface area contributed by atoms with E-state index in [9.17, 15) is 13.2 Å². The zero-order valence-electron chi connectivity index (χ0n) is 13.8. The summed E-state index contributed by atoms with van der Waals surface area (Å²) in [5.41, 5.74) is 1.45. The van der Waals surface area contributed by atoms with Crippen molar-refractivity contribution in [2.45, 2.75) is 29.7 Å². The second kappa shape index (κ2) is 7.55. The van der Waals surface area contributed by atoms with E-state index < -0.39 is 10.0 Å². The van der Waals surface area contributed by atoms with E-state index in [1.165, 1.54) is 6.92 Å². The lowest BCUT2D eigenvalue weighted by Gasteiger charge is -2.21. The molecule has 1 aromatic heterocycles. The summed E-state index contributed by atoms with van der Waals surface area (Å²) in [6.07, 6.45) is 4.13. The summed E-state index contributed by atoms with van der Waals surface area (Å²) in [5, 5.41) is 0. The van der Waals surface area contributed by atoms with Crippen LogP contribution in [0.15, 0.2) is 52.5 Å². The van der Waals surface area contributed by atoms with Crippen LogP contribution in [0.1, 0.15) is 18.9 Å². The molecule has 132 valence electrons. The van der Waals surface area contributed by atoms with Gasteiger partial charge in [-0.15, -0.1) is 11.8 Å². The van der Waals surface area contributed by atoms with Crippen LogP contribution in [0, 0.1) is 0 Å². The second-order valence-corrected chi connectivity index (χ2v) is 8.59. The average Bonchev–Trinajstić information content (AvgIpc) is 2.83. The molecule has 0 fully saturated rings. The van der Waals surface area contributed by atoms with E-state index in [4.69, 9.17) is 0 Å². The molecule has 8 heteroatoms. The Bertz CT molecular complexity index is 870. The van der Waals surface area contributed by atoms with E-state index in [-0.39, 0.29) is 17.3 Å². The lowest BCUT2D eigenvalue weighted by atomic mass is 10.2. The van der Waals surface area contributed by atoms with Gasteiger partial charge in [0.2, 0.25) is 15.9 Å². The number of nitrogens with zero attached hydrogens (tertiary/aromatic N) is 2. The standard InChI is InChI=1S/C17H19N3O3S2/c1-13(21)20-8-3-9-24-17-6-5-15(10-16(17)20)25(22,23)19-12-14-4-2-7-18-11-14/h2,4-7,10-11,19H,3,8-9,12H2,1H3. The van der Waals surface area contributed by atoms with E-state index in [0.29, 0.717) is 12.2 Å². The maximum atomic E-state index is 12.6. The summed E-state index contributed by atoms with van der Waals surface area (Å²) in [7, 11) is -3.68. The predicted octanol–water partition coefficient (Wildman–Crippen LogP) is 2.41. The molecule has 0 radical (unpaired) electrons. The van der Waals surface area contributed by atoms with Gasteiger partial charge in [0, 0.05) is 37.3 Å². The van der Waals surface area contributed by atoms with E-state index in [1.807, 2.05) is 0 Å². The molecular formula is C17H19N3O3S2. The quantitative estimate of drug-likeness (QED) is 0.885. The Balaban J connectivity index is 1.88. The minimum atomic E-state index is -3.68. The van der Waals surface area contributed by atoms with Crippen LogP contribution in [0.2, 0.25) is 0 Å². The number of fused-ring (bicyclic) bond motifs is 1. The monoisotopic (exact) mass is 377 g/mol. The first-order valence-electron chi connectivity index (χ1n) is 7.91. The van der Waals surface area contributed by atoms with E-state index in [2.05, 4.69) is 9.71 Å². The molecule has 2 aromatic rings. The van der Waals surface area contributed by atoms with Crippen molar-refractivity contribution in [3.63, 3.8) is 0 Å². The topological polar surface area (TPSA) is 79.4 Å². The summed E-state index contributed by atoms with van der Waals surface area (Å²) < 4.78 is 27.8. The number of benzene rings is 1. The van der Waals surface area contributed by atoms with E-state index >= 15 is 0 Å². The van der Waals surface area contributed by atoms with Gasteiger partial charge in [-0.25, -0.2) is 13.1 Å². The van der Waals surface area contributed by atoms with Gasteiger partial charge in [-0.2, -0.15) is 0 Å². The molecule has 1 aromatic carbocycles. The minimum absolute atomic E-state index is 0.0818. The Labute approximate surface area is 151 Å². The third-order valence-corrected chi connectivity index (χ3v) is 6.43. The minimum Gasteiger partial charge on any atom is -0.311 e. The molecule has 3 rings (SSSR count). The molecule has 1 amide bonds. The molecule has 0 spiro atoms. The highest BCUT2D eigenvalue weighted by Crippen LogP contribution is 2.35. The SMILES string of the molecule is CC(=O)N1CCCSc2ccc(S(=O)(=O)NCc3cccnc3)cc21. The number of hydrogen-bond donors (Lipinski definition) is 1. The van der Waals surface area contributed by atoms with Crippen molar-refractivity contribution < 1.29 is 13.2 Å². The molecule has 1 N–H and O–H groups in total. The molecule has 0 unspecified atom stereocenters. The number of carbonyl (C=O) groups excluding carboxylic acids is 1. The lowest BCUT2D eigenvalue weighted by Crippen LogP contribution is -2.30. The number of hydrogen-bond acceptors (Lipinski definition) is 5. The summed E-state index contributed by atoms with van der Waals surface area (Å²) in [4.78, 5) is 18.6.